The molecule has 0 bridgehead atoms. The molecule has 0 aliphatic heterocycles. The summed E-state index contributed by atoms with van der Waals surface area (Å²) in [6.07, 6.45) is 5.65. The Morgan fingerprint density at radius 1 is 0.700 bits per heavy atom. The molecule has 0 amide bonds. The van der Waals surface area contributed by atoms with Crippen molar-refractivity contribution in [2.45, 2.75) is 46.0 Å². The number of carbonyl (C=O) groups is 1. The maximum absolute atomic E-state index is 12.4. The van der Waals surface area contributed by atoms with Crippen LogP contribution in [0.5, 0.6) is 11.5 Å². The fraction of sp³-hybridized carbons (Fsp3) is 0.296. The third-order valence-electron chi connectivity index (χ3n) is 5.03. The molecule has 156 valence electrons. The van der Waals surface area contributed by atoms with Crippen LogP contribution in [-0.4, -0.2) is 12.6 Å². The van der Waals surface area contributed by atoms with Crippen LogP contribution in [0.2, 0.25) is 0 Å². The summed E-state index contributed by atoms with van der Waals surface area (Å²) in [6.45, 7) is 5.02. The van der Waals surface area contributed by atoms with E-state index in [1.54, 1.807) is 24.3 Å². The molecule has 0 spiro atoms. The van der Waals surface area contributed by atoms with E-state index in [1.807, 2.05) is 24.3 Å². The highest BCUT2D eigenvalue weighted by molar-refractivity contribution is 5.91. The minimum atomic E-state index is -0.372. The van der Waals surface area contributed by atoms with E-state index in [9.17, 15) is 4.79 Å². The highest BCUT2D eigenvalue weighted by atomic mass is 16.5. The van der Waals surface area contributed by atoms with Gasteiger partial charge in [-0.3, -0.25) is 0 Å². The maximum Gasteiger partial charge on any atom is 0.343 e. The van der Waals surface area contributed by atoms with Gasteiger partial charge in [0.1, 0.15) is 11.5 Å². The van der Waals surface area contributed by atoms with E-state index in [-0.39, 0.29) is 5.97 Å². The fourth-order valence-corrected chi connectivity index (χ4v) is 3.15. The number of unbranched alkanes of at least 4 members (excludes halogenated alkanes) is 2. The van der Waals surface area contributed by atoms with Gasteiger partial charge in [0.25, 0.3) is 0 Å². The summed E-state index contributed by atoms with van der Waals surface area (Å²) < 4.78 is 11.1. The molecule has 3 aromatic rings. The zero-order valence-electron chi connectivity index (χ0n) is 17.9. The van der Waals surface area contributed by atoms with Gasteiger partial charge in [-0.1, -0.05) is 63.1 Å². The second-order valence-corrected chi connectivity index (χ2v) is 7.44. The molecule has 3 rings (SSSR count). The van der Waals surface area contributed by atoms with Gasteiger partial charge in [0.05, 0.1) is 12.2 Å². The fourth-order valence-electron chi connectivity index (χ4n) is 3.15. The Labute approximate surface area is 179 Å². The van der Waals surface area contributed by atoms with Gasteiger partial charge in [-0.15, -0.1) is 0 Å². The van der Waals surface area contributed by atoms with Gasteiger partial charge < -0.3 is 9.47 Å². The van der Waals surface area contributed by atoms with Crippen LogP contribution in [0.4, 0.5) is 0 Å². The lowest BCUT2D eigenvalue weighted by molar-refractivity contribution is 0.0734. The molecule has 0 N–H and O–H groups in total. The molecule has 0 aliphatic carbocycles. The Morgan fingerprint density at radius 2 is 1.27 bits per heavy atom. The van der Waals surface area contributed by atoms with Crippen molar-refractivity contribution in [3.05, 3.63) is 83.9 Å². The quantitative estimate of drug-likeness (QED) is 0.206. The molecular formula is C27H30O3. The third kappa shape index (κ3) is 6.21. The molecule has 3 aromatic carbocycles. The van der Waals surface area contributed by atoms with Crippen molar-refractivity contribution in [1.29, 1.82) is 0 Å². The van der Waals surface area contributed by atoms with E-state index in [4.69, 9.17) is 9.47 Å². The lowest BCUT2D eigenvalue weighted by Gasteiger charge is -2.08. The van der Waals surface area contributed by atoms with Gasteiger partial charge in [-0.05, 0) is 72.4 Å². The van der Waals surface area contributed by atoms with Gasteiger partial charge in [0.15, 0.2) is 0 Å². The first kappa shape index (κ1) is 21.6. The Kier molecular flexibility index (Phi) is 8.08. The summed E-state index contributed by atoms with van der Waals surface area (Å²) in [4.78, 5) is 12.4. The zero-order chi connectivity index (χ0) is 21.2. The molecule has 3 nitrogen and oxygen atoms in total. The minimum absolute atomic E-state index is 0.372. The summed E-state index contributed by atoms with van der Waals surface area (Å²) in [6, 6.07) is 23.4. The second-order valence-electron chi connectivity index (χ2n) is 7.44. The highest BCUT2D eigenvalue weighted by Crippen LogP contribution is 2.24. The number of aryl methyl sites for hydroxylation is 1. The SMILES string of the molecule is CCCCOc1ccc(C(=O)Oc2ccc(-c3ccc(CCCC)cc3)cc2)cc1. The number of hydrogen-bond acceptors (Lipinski definition) is 3. The Balaban J connectivity index is 1.57. The zero-order valence-corrected chi connectivity index (χ0v) is 17.9. The molecule has 0 saturated heterocycles. The molecule has 0 saturated carbocycles. The Bertz CT molecular complexity index is 910. The van der Waals surface area contributed by atoms with E-state index in [0.717, 1.165) is 36.1 Å². The highest BCUT2D eigenvalue weighted by Gasteiger charge is 2.09. The van der Waals surface area contributed by atoms with Crippen molar-refractivity contribution in [3.63, 3.8) is 0 Å². The van der Waals surface area contributed by atoms with Crippen molar-refractivity contribution in [2.24, 2.45) is 0 Å². The van der Waals surface area contributed by atoms with Crippen molar-refractivity contribution in [3.8, 4) is 22.6 Å². The smallest absolute Gasteiger partial charge is 0.343 e. The monoisotopic (exact) mass is 402 g/mol. The van der Waals surface area contributed by atoms with E-state index in [0.29, 0.717) is 17.9 Å². The lowest BCUT2D eigenvalue weighted by Crippen LogP contribution is -2.08. The average molecular weight is 403 g/mol. The van der Waals surface area contributed by atoms with Gasteiger partial charge >= 0.3 is 5.97 Å². The molecule has 3 heteroatoms. The van der Waals surface area contributed by atoms with Crippen LogP contribution in [0.15, 0.2) is 72.8 Å². The molecule has 0 atom stereocenters. The maximum atomic E-state index is 12.4. The van der Waals surface area contributed by atoms with Gasteiger partial charge in [-0.2, -0.15) is 0 Å². The first-order valence-electron chi connectivity index (χ1n) is 10.8. The van der Waals surface area contributed by atoms with Crippen molar-refractivity contribution >= 4 is 5.97 Å². The number of ether oxygens (including phenoxy) is 2. The summed E-state index contributed by atoms with van der Waals surface area (Å²) in [5, 5.41) is 0. The summed E-state index contributed by atoms with van der Waals surface area (Å²) >= 11 is 0. The molecule has 30 heavy (non-hydrogen) atoms. The second kappa shape index (κ2) is 11.2. The molecular weight excluding hydrogens is 372 g/mol. The normalized spacial score (nSPS) is 10.6. The largest absolute Gasteiger partial charge is 0.494 e. The Hall–Kier alpha value is -3.07. The predicted molar refractivity (Wildman–Crippen MR) is 122 cm³/mol. The van der Waals surface area contributed by atoms with E-state index in [2.05, 4.69) is 38.1 Å². The number of carbonyl (C=O) groups excluding carboxylic acids is 1. The standard InChI is InChI=1S/C27H30O3/c1-3-5-7-21-8-10-22(11-9-21)23-12-18-26(19-13-23)30-27(28)24-14-16-25(17-15-24)29-20-6-4-2/h8-19H,3-7,20H2,1-2H3. The third-order valence-corrected chi connectivity index (χ3v) is 5.03. The molecule has 0 fully saturated rings. The topological polar surface area (TPSA) is 35.5 Å². The van der Waals surface area contributed by atoms with Crippen LogP contribution in [0.25, 0.3) is 11.1 Å². The van der Waals surface area contributed by atoms with Gasteiger partial charge in [0.2, 0.25) is 0 Å². The van der Waals surface area contributed by atoms with Crippen LogP contribution in [0.3, 0.4) is 0 Å². The van der Waals surface area contributed by atoms with E-state index in [1.165, 1.54) is 18.4 Å². The van der Waals surface area contributed by atoms with E-state index >= 15 is 0 Å². The summed E-state index contributed by atoms with van der Waals surface area (Å²) in [5.74, 6) is 0.930. The predicted octanol–water partition coefficient (Wildman–Crippen LogP) is 7.09. The summed E-state index contributed by atoms with van der Waals surface area (Å²) in [5.41, 5.74) is 4.13. The average Bonchev–Trinajstić information content (AvgIpc) is 2.79. The van der Waals surface area contributed by atoms with Crippen LogP contribution in [-0.2, 0) is 6.42 Å². The first-order chi connectivity index (χ1) is 14.7. The lowest BCUT2D eigenvalue weighted by atomic mass is 10.0. The van der Waals surface area contributed by atoms with Crippen LogP contribution in [0, 0.1) is 0 Å². The number of hydrogen-bond donors (Lipinski definition) is 0. The molecule has 0 unspecified atom stereocenters. The number of rotatable bonds is 10. The first-order valence-corrected chi connectivity index (χ1v) is 10.8. The van der Waals surface area contributed by atoms with Crippen LogP contribution in [0.1, 0.15) is 55.5 Å². The van der Waals surface area contributed by atoms with Crippen LogP contribution >= 0.6 is 0 Å². The van der Waals surface area contributed by atoms with Crippen molar-refractivity contribution < 1.29 is 14.3 Å². The molecule has 0 radical (unpaired) electrons. The molecule has 0 aromatic heterocycles. The van der Waals surface area contributed by atoms with Crippen LogP contribution < -0.4 is 9.47 Å². The summed E-state index contributed by atoms with van der Waals surface area (Å²) in [7, 11) is 0. The number of benzene rings is 3. The molecule has 0 aliphatic rings. The van der Waals surface area contributed by atoms with E-state index < -0.39 is 0 Å². The van der Waals surface area contributed by atoms with Crippen molar-refractivity contribution in [2.75, 3.05) is 6.61 Å². The number of esters is 1. The van der Waals surface area contributed by atoms with Gasteiger partial charge in [-0.25, -0.2) is 4.79 Å². The Morgan fingerprint density at radius 3 is 1.87 bits per heavy atom. The minimum Gasteiger partial charge on any atom is -0.494 e. The molecule has 0 heterocycles. The van der Waals surface area contributed by atoms with Gasteiger partial charge in [0, 0.05) is 0 Å². The van der Waals surface area contributed by atoms with Crippen molar-refractivity contribution in [1.82, 2.24) is 0 Å².